The van der Waals surface area contributed by atoms with Crippen molar-refractivity contribution in [1.29, 1.82) is 5.41 Å². The lowest BCUT2D eigenvalue weighted by Crippen LogP contribution is -2.46. The van der Waals surface area contributed by atoms with E-state index in [1.54, 1.807) is 7.11 Å². The average Bonchev–Trinajstić information content (AvgIpc) is 2.38. The van der Waals surface area contributed by atoms with Crippen LogP contribution in [0.1, 0.15) is 12.8 Å². The Morgan fingerprint density at radius 3 is 2.78 bits per heavy atom. The fourth-order valence-corrected chi connectivity index (χ4v) is 1.96. The molecule has 1 aliphatic heterocycles. The summed E-state index contributed by atoms with van der Waals surface area (Å²) in [5.41, 5.74) is 5.60. The minimum atomic E-state index is -0.283. The van der Waals surface area contributed by atoms with Crippen molar-refractivity contribution < 1.29 is 9.53 Å². The van der Waals surface area contributed by atoms with Crippen LogP contribution in [0, 0.1) is 5.41 Å². The Bertz CT molecular complexity index is 309. The number of allylic oxidation sites excluding steroid dienone is 1. The van der Waals surface area contributed by atoms with Crippen LogP contribution in [0.4, 0.5) is 0 Å². The van der Waals surface area contributed by atoms with Gasteiger partial charge in [-0.1, -0.05) is 0 Å². The van der Waals surface area contributed by atoms with Crippen molar-refractivity contribution in [2.45, 2.75) is 18.9 Å². The molecule has 0 unspecified atom stereocenters. The molecule has 1 amide bonds. The maximum Gasteiger partial charge on any atom is 0.267 e. The monoisotopic (exact) mass is 254 g/mol. The molecule has 0 aromatic heterocycles. The molecular formula is C12H22N4O2. The van der Waals surface area contributed by atoms with E-state index in [2.05, 4.69) is 10.2 Å². The average molecular weight is 254 g/mol. The molecule has 0 spiro atoms. The van der Waals surface area contributed by atoms with Gasteiger partial charge in [0.2, 0.25) is 0 Å². The number of amides is 1. The zero-order valence-corrected chi connectivity index (χ0v) is 10.8. The highest BCUT2D eigenvalue weighted by Gasteiger charge is 2.20. The van der Waals surface area contributed by atoms with Crippen LogP contribution < -0.4 is 11.1 Å². The highest BCUT2D eigenvalue weighted by atomic mass is 16.5. The fourth-order valence-electron chi connectivity index (χ4n) is 1.96. The summed E-state index contributed by atoms with van der Waals surface area (Å²) < 4.78 is 5.04. The Balaban J connectivity index is 2.29. The molecule has 0 aliphatic carbocycles. The summed E-state index contributed by atoms with van der Waals surface area (Å²) in [6, 6.07) is 0.175. The van der Waals surface area contributed by atoms with Crippen LogP contribution in [-0.4, -0.2) is 56.4 Å². The maximum atomic E-state index is 11.6. The van der Waals surface area contributed by atoms with Gasteiger partial charge < -0.3 is 26.1 Å². The van der Waals surface area contributed by atoms with Gasteiger partial charge in [-0.25, -0.2) is 0 Å². The Morgan fingerprint density at radius 1 is 1.56 bits per heavy atom. The van der Waals surface area contributed by atoms with E-state index in [1.807, 2.05) is 0 Å². The van der Waals surface area contributed by atoms with E-state index < -0.39 is 0 Å². The molecule has 1 heterocycles. The summed E-state index contributed by atoms with van der Waals surface area (Å²) in [6.45, 7) is 3.60. The fraction of sp³-hybridized carbons (Fsp3) is 0.667. The third-order valence-corrected chi connectivity index (χ3v) is 3.06. The number of carbonyl (C=O) groups is 1. The first-order chi connectivity index (χ1) is 8.67. The molecule has 0 aromatic carbocycles. The van der Waals surface area contributed by atoms with E-state index in [-0.39, 0.29) is 17.6 Å². The van der Waals surface area contributed by atoms with Crippen LogP contribution in [0.3, 0.4) is 0 Å². The lowest BCUT2D eigenvalue weighted by molar-refractivity contribution is -0.118. The van der Waals surface area contributed by atoms with E-state index in [0.717, 1.165) is 45.3 Å². The lowest BCUT2D eigenvalue weighted by atomic mass is 10.0. The highest BCUT2D eigenvalue weighted by Crippen LogP contribution is 2.10. The summed E-state index contributed by atoms with van der Waals surface area (Å²) in [5, 5.41) is 9.74. The van der Waals surface area contributed by atoms with E-state index in [4.69, 9.17) is 15.9 Å². The molecule has 0 radical (unpaired) electrons. The molecule has 102 valence electrons. The molecule has 0 bridgehead atoms. The number of nitrogens with two attached hydrogens (primary N) is 1. The van der Waals surface area contributed by atoms with Gasteiger partial charge in [-0.2, -0.15) is 0 Å². The predicted octanol–water partition coefficient (Wildman–Crippen LogP) is -0.294. The zero-order chi connectivity index (χ0) is 13.4. The Hall–Kier alpha value is -1.40. The molecule has 0 saturated carbocycles. The highest BCUT2D eigenvalue weighted by molar-refractivity contribution is 5.96. The Kier molecular flexibility index (Phi) is 6.38. The molecule has 6 heteroatoms. The summed E-state index contributed by atoms with van der Waals surface area (Å²) >= 11 is 0. The minimum absolute atomic E-state index is 0.0896. The molecule has 18 heavy (non-hydrogen) atoms. The number of piperidine rings is 1. The number of ether oxygens (including phenoxy) is 1. The van der Waals surface area contributed by atoms with Crippen LogP contribution in [-0.2, 0) is 9.53 Å². The van der Waals surface area contributed by atoms with Crippen molar-refractivity contribution >= 4 is 12.1 Å². The second-order valence-corrected chi connectivity index (χ2v) is 4.37. The first-order valence-electron chi connectivity index (χ1n) is 6.15. The normalized spacial score (nSPS) is 18.6. The van der Waals surface area contributed by atoms with E-state index in [1.165, 1.54) is 6.08 Å². The predicted molar refractivity (Wildman–Crippen MR) is 70.5 cm³/mol. The van der Waals surface area contributed by atoms with E-state index >= 15 is 0 Å². The summed E-state index contributed by atoms with van der Waals surface area (Å²) in [6.07, 6.45) is 4.16. The second-order valence-electron chi connectivity index (χ2n) is 4.37. The van der Waals surface area contributed by atoms with E-state index in [0.29, 0.717) is 0 Å². The van der Waals surface area contributed by atoms with Gasteiger partial charge in [-0.05, 0) is 18.9 Å². The van der Waals surface area contributed by atoms with Crippen LogP contribution in [0.2, 0.25) is 0 Å². The molecule has 1 saturated heterocycles. The Morgan fingerprint density at radius 2 is 2.22 bits per heavy atom. The zero-order valence-electron chi connectivity index (χ0n) is 10.8. The molecule has 1 aliphatic rings. The van der Waals surface area contributed by atoms with E-state index in [9.17, 15) is 4.79 Å². The number of carbonyl (C=O) groups excluding carboxylic acids is 1. The number of methoxy groups -OCH3 is 1. The standard InChI is InChI=1S/C12H22N4O2/c1-18-9-8-16-6-3-10(4-7-16)15-12(17)11(14)2-5-13/h2,5,10,13H,3-4,6-9,14H2,1H3,(H,15,17). The van der Waals surface area contributed by atoms with Gasteiger partial charge in [0.1, 0.15) is 0 Å². The molecule has 0 aromatic rings. The van der Waals surface area contributed by atoms with Crippen LogP contribution in [0.5, 0.6) is 0 Å². The number of nitrogens with zero attached hydrogens (tertiary/aromatic N) is 1. The molecule has 1 fully saturated rings. The first kappa shape index (κ1) is 14.7. The van der Waals surface area contributed by atoms with Crippen LogP contribution in [0.15, 0.2) is 11.8 Å². The summed E-state index contributed by atoms with van der Waals surface area (Å²) in [4.78, 5) is 13.9. The van der Waals surface area contributed by atoms with Crippen molar-refractivity contribution in [3.63, 3.8) is 0 Å². The largest absolute Gasteiger partial charge is 0.394 e. The molecule has 6 nitrogen and oxygen atoms in total. The van der Waals surface area contributed by atoms with Crippen LogP contribution >= 0.6 is 0 Å². The first-order valence-corrected chi connectivity index (χ1v) is 6.15. The topological polar surface area (TPSA) is 91.4 Å². The lowest BCUT2D eigenvalue weighted by Gasteiger charge is -2.32. The van der Waals surface area contributed by atoms with Crippen molar-refractivity contribution in [3.8, 4) is 0 Å². The maximum absolute atomic E-state index is 11.6. The van der Waals surface area contributed by atoms with Gasteiger partial charge in [0.15, 0.2) is 0 Å². The number of nitrogens with one attached hydrogen (secondary N) is 2. The number of hydrogen-bond donors (Lipinski definition) is 3. The van der Waals surface area contributed by atoms with Crippen molar-refractivity contribution in [3.05, 3.63) is 11.8 Å². The third-order valence-electron chi connectivity index (χ3n) is 3.06. The van der Waals surface area contributed by atoms with Gasteiger partial charge in [-0.15, -0.1) is 0 Å². The molecule has 1 rings (SSSR count). The van der Waals surface area contributed by atoms with Gasteiger partial charge in [0.25, 0.3) is 5.91 Å². The second kappa shape index (κ2) is 7.84. The number of hydrogen-bond acceptors (Lipinski definition) is 5. The van der Waals surface area contributed by atoms with Crippen molar-refractivity contribution in [2.75, 3.05) is 33.4 Å². The number of rotatable bonds is 6. The quantitative estimate of drug-likeness (QED) is 0.448. The third kappa shape index (κ3) is 4.85. The van der Waals surface area contributed by atoms with Crippen LogP contribution in [0.25, 0.3) is 0 Å². The summed E-state index contributed by atoms with van der Waals surface area (Å²) in [7, 11) is 1.70. The minimum Gasteiger partial charge on any atom is -0.394 e. The van der Waals surface area contributed by atoms with Crippen molar-refractivity contribution in [2.24, 2.45) is 5.73 Å². The number of likely N-dealkylation sites (tertiary alicyclic amines) is 1. The Labute approximate surface area is 108 Å². The van der Waals surface area contributed by atoms with Gasteiger partial charge in [0, 0.05) is 39.0 Å². The summed E-state index contributed by atoms with van der Waals surface area (Å²) in [5.74, 6) is -0.283. The SMILES string of the molecule is COCCN1CCC(NC(=O)C(N)=CC=N)CC1. The van der Waals surface area contributed by atoms with Gasteiger partial charge >= 0.3 is 0 Å². The smallest absolute Gasteiger partial charge is 0.267 e. The molecule has 0 atom stereocenters. The van der Waals surface area contributed by atoms with Gasteiger partial charge in [-0.3, -0.25) is 4.79 Å². The van der Waals surface area contributed by atoms with Gasteiger partial charge in [0.05, 0.1) is 12.3 Å². The molecule has 4 N–H and O–H groups in total. The van der Waals surface area contributed by atoms with Crippen molar-refractivity contribution in [1.82, 2.24) is 10.2 Å². The molecular weight excluding hydrogens is 232 g/mol.